The fraction of sp³-hybridized carbons (Fsp3) is 0.400. The van der Waals surface area contributed by atoms with Gasteiger partial charge in [-0.1, -0.05) is 6.92 Å². The molecule has 6 nitrogen and oxygen atoms in total. The molecule has 6 heteroatoms. The molecule has 0 amide bonds. The van der Waals surface area contributed by atoms with Gasteiger partial charge in [-0.2, -0.15) is 0 Å². The van der Waals surface area contributed by atoms with E-state index in [-0.39, 0.29) is 19.2 Å². The van der Waals surface area contributed by atoms with E-state index in [1.807, 2.05) is 6.92 Å². The highest BCUT2D eigenvalue weighted by Gasteiger charge is 2.09. The van der Waals surface area contributed by atoms with Crippen molar-refractivity contribution in [3.63, 3.8) is 0 Å². The van der Waals surface area contributed by atoms with E-state index >= 15 is 0 Å². The average molecular weight is 294 g/mol. The van der Waals surface area contributed by atoms with Crippen molar-refractivity contribution in [3.8, 4) is 5.75 Å². The molecule has 1 rings (SSSR count). The molecule has 1 aromatic carbocycles. The van der Waals surface area contributed by atoms with Gasteiger partial charge in [0, 0.05) is 13.3 Å². The lowest BCUT2D eigenvalue weighted by Gasteiger charge is -2.06. The number of hydrogen-bond donors (Lipinski definition) is 0. The van der Waals surface area contributed by atoms with Gasteiger partial charge in [-0.25, -0.2) is 4.79 Å². The summed E-state index contributed by atoms with van der Waals surface area (Å²) in [7, 11) is 0. The second-order valence-electron chi connectivity index (χ2n) is 4.22. The molecule has 0 atom stereocenters. The number of rotatable bonds is 7. The van der Waals surface area contributed by atoms with Crippen LogP contribution >= 0.6 is 0 Å². The Kier molecular flexibility index (Phi) is 6.94. The van der Waals surface area contributed by atoms with Gasteiger partial charge in [0.1, 0.15) is 19.0 Å². The minimum absolute atomic E-state index is 0.00828. The van der Waals surface area contributed by atoms with Gasteiger partial charge in [0.2, 0.25) is 0 Å². The van der Waals surface area contributed by atoms with Crippen molar-refractivity contribution in [2.75, 3.05) is 13.2 Å². The van der Waals surface area contributed by atoms with Crippen molar-refractivity contribution in [1.29, 1.82) is 0 Å². The van der Waals surface area contributed by atoms with Gasteiger partial charge in [-0.3, -0.25) is 9.59 Å². The van der Waals surface area contributed by atoms with Crippen LogP contribution in [0.5, 0.6) is 5.75 Å². The molecule has 0 N–H and O–H groups in total. The third kappa shape index (κ3) is 6.56. The van der Waals surface area contributed by atoms with Gasteiger partial charge in [-0.05, 0) is 30.7 Å². The molecule has 0 aromatic heterocycles. The molecule has 21 heavy (non-hydrogen) atoms. The molecule has 0 aliphatic heterocycles. The summed E-state index contributed by atoms with van der Waals surface area (Å²) in [5, 5.41) is 0. The zero-order valence-corrected chi connectivity index (χ0v) is 12.1. The van der Waals surface area contributed by atoms with Crippen LogP contribution in [0, 0.1) is 0 Å². The second-order valence-corrected chi connectivity index (χ2v) is 4.22. The zero-order chi connectivity index (χ0) is 15.7. The molecule has 0 bridgehead atoms. The summed E-state index contributed by atoms with van der Waals surface area (Å²) in [6.45, 7) is 3.18. The van der Waals surface area contributed by atoms with E-state index in [1.165, 1.54) is 31.2 Å². The predicted octanol–water partition coefficient (Wildman–Crippen LogP) is 2.11. The van der Waals surface area contributed by atoms with Gasteiger partial charge in [0.25, 0.3) is 0 Å². The van der Waals surface area contributed by atoms with Gasteiger partial charge in [0.05, 0.1) is 5.56 Å². The minimum Gasteiger partial charge on any atom is -0.462 e. The lowest BCUT2D eigenvalue weighted by atomic mass is 10.2. The summed E-state index contributed by atoms with van der Waals surface area (Å²) < 4.78 is 14.6. The first-order valence-corrected chi connectivity index (χ1v) is 6.64. The van der Waals surface area contributed by atoms with Crippen LogP contribution in [0.15, 0.2) is 24.3 Å². The molecule has 1 aromatic rings. The molecule has 0 saturated carbocycles. The number of benzene rings is 1. The first-order chi connectivity index (χ1) is 10.0. The molecule has 0 radical (unpaired) electrons. The quantitative estimate of drug-likeness (QED) is 0.435. The molecule has 0 fully saturated rings. The molecule has 114 valence electrons. The molecular weight excluding hydrogens is 276 g/mol. The number of carbonyl (C=O) groups excluding carboxylic acids is 3. The van der Waals surface area contributed by atoms with Crippen molar-refractivity contribution in [1.82, 2.24) is 0 Å². The van der Waals surface area contributed by atoms with Crippen LogP contribution in [0.3, 0.4) is 0 Å². The molecule has 0 saturated heterocycles. The lowest BCUT2D eigenvalue weighted by Crippen LogP contribution is -2.12. The summed E-state index contributed by atoms with van der Waals surface area (Å²) in [5.74, 6) is -0.892. The Hall–Kier alpha value is -2.37. The summed E-state index contributed by atoms with van der Waals surface area (Å²) >= 11 is 0. The van der Waals surface area contributed by atoms with Crippen LogP contribution in [-0.4, -0.2) is 31.1 Å². The van der Waals surface area contributed by atoms with Crippen LogP contribution in [0.2, 0.25) is 0 Å². The first kappa shape index (κ1) is 16.7. The Morgan fingerprint density at radius 3 is 2.19 bits per heavy atom. The van der Waals surface area contributed by atoms with E-state index in [2.05, 4.69) is 4.74 Å². The normalized spacial score (nSPS) is 9.81. The van der Waals surface area contributed by atoms with Gasteiger partial charge in [0.15, 0.2) is 0 Å². The van der Waals surface area contributed by atoms with Gasteiger partial charge in [-0.15, -0.1) is 0 Å². The Bertz CT molecular complexity index is 491. The van der Waals surface area contributed by atoms with Gasteiger partial charge < -0.3 is 14.2 Å². The van der Waals surface area contributed by atoms with Crippen LogP contribution in [0.4, 0.5) is 0 Å². The number of hydrogen-bond acceptors (Lipinski definition) is 6. The fourth-order valence-corrected chi connectivity index (χ4v) is 1.45. The SMILES string of the molecule is CCCC(=O)Oc1ccc(C(=O)OCCOC(C)=O)cc1. The largest absolute Gasteiger partial charge is 0.462 e. The fourth-order valence-electron chi connectivity index (χ4n) is 1.45. The van der Waals surface area contributed by atoms with Crippen LogP contribution in [0.1, 0.15) is 37.0 Å². The lowest BCUT2D eigenvalue weighted by molar-refractivity contribution is -0.142. The topological polar surface area (TPSA) is 78.9 Å². The summed E-state index contributed by atoms with van der Waals surface area (Å²) in [5.41, 5.74) is 0.327. The van der Waals surface area contributed by atoms with Crippen molar-refractivity contribution in [3.05, 3.63) is 29.8 Å². The molecule has 0 aliphatic rings. The highest BCUT2D eigenvalue weighted by Crippen LogP contribution is 2.14. The number of esters is 3. The Balaban J connectivity index is 2.44. The summed E-state index contributed by atoms with van der Waals surface area (Å²) in [6.07, 6.45) is 1.06. The number of ether oxygens (including phenoxy) is 3. The van der Waals surface area contributed by atoms with Crippen molar-refractivity contribution in [2.24, 2.45) is 0 Å². The van der Waals surface area contributed by atoms with E-state index in [1.54, 1.807) is 0 Å². The standard InChI is InChI=1S/C15H18O6/c1-3-4-14(17)21-13-7-5-12(6-8-13)15(18)20-10-9-19-11(2)16/h5-8H,3-4,9-10H2,1-2H3. The van der Waals surface area contributed by atoms with Crippen LogP contribution in [-0.2, 0) is 19.1 Å². The van der Waals surface area contributed by atoms with Gasteiger partial charge >= 0.3 is 17.9 Å². The van der Waals surface area contributed by atoms with E-state index in [9.17, 15) is 14.4 Å². The first-order valence-electron chi connectivity index (χ1n) is 6.64. The Morgan fingerprint density at radius 2 is 1.62 bits per heavy atom. The summed E-state index contributed by atoms with van der Waals surface area (Å²) in [4.78, 5) is 33.5. The third-order valence-electron chi connectivity index (χ3n) is 2.40. The highest BCUT2D eigenvalue weighted by molar-refractivity contribution is 5.89. The molecule has 0 unspecified atom stereocenters. The molecule has 0 spiro atoms. The molecule has 0 aliphatic carbocycles. The predicted molar refractivity (Wildman–Crippen MR) is 73.9 cm³/mol. The third-order valence-corrected chi connectivity index (χ3v) is 2.40. The second kappa shape index (κ2) is 8.73. The Labute approximate surface area is 123 Å². The molecular formula is C15H18O6. The summed E-state index contributed by atoms with van der Waals surface area (Å²) in [6, 6.07) is 6.05. The monoisotopic (exact) mass is 294 g/mol. The van der Waals surface area contributed by atoms with E-state index in [0.717, 1.165) is 0 Å². The van der Waals surface area contributed by atoms with Crippen LogP contribution < -0.4 is 4.74 Å². The van der Waals surface area contributed by atoms with E-state index in [4.69, 9.17) is 9.47 Å². The van der Waals surface area contributed by atoms with Crippen molar-refractivity contribution < 1.29 is 28.6 Å². The average Bonchev–Trinajstić information content (AvgIpc) is 2.44. The maximum Gasteiger partial charge on any atom is 0.338 e. The van der Waals surface area contributed by atoms with Crippen molar-refractivity contribution in [2.45, 2.75) is 26.7 Å². The van der Waals surface area contributed by atoms with Crippen LogP contribution in [0.25, 0.3) is 0 Å². The highest BCUT2D eigenvalue weighted by atomic mass is 16.6. The van der Waals surface area contributed by atoms with E-state index < -0.39 is 11.9 Å². The maximum atomic E-state index is 11.7. The van der Waals surface area contributed by atoms with E-state index in [0.29, 0.717) is 24.2 Å². The smallest absolute Gasteiger partial charge is 0.338 e. The zero-order valence-electron chi connectivity index (χ0n) is 12.1. The van der Waals surface area contributed by atoms with Crippen molar-refractivity contribution >= 4 is 17.9 Å². The number of carbonyl (C=O) groups is 3. The molecule has 0 heterocycles. The Morgan fingerprint density at radius 1 is 1.00 bits per heavy atom. The minimum atomic E-state index is -0.534. The maximum absolute atomic E-state index is 11.7.